The first-order valence-corrected chi connectivity index (χ1v) is 9.77. The lowest BCUT2D eigenvalue weighted by Crippen LogP contribution is -2.43. The second-order valence-corrected chi connectivity index (χ2v) is 7.16. The van der Waals surface area contributed by atoms with Crippen LogP contribution in [0, 0.1) is 27.7 Å². The van der Waals surface area contributed by atoms with Crippen LogP contribution in [-0.4, -0.2) is 23.6 Å². The highest BCUT2D eigenvalue weighted by molar-refractivity contribution is 5.95. The van der Waals surface area contributed by atoms with Crippen molar-refractivity contribution in [3.63, 3.8) is 0 Å². The third-order valence-corrected chi connectivity index (χ3v) is 4.82. The maximum Gasteiger partial charge on any atom is 0.276 e. The van der Waals surface area contributed by atoms with Crippen LogP contribution in [0.3, 0.4) is 0 Å². The molecule has 2 N–H and O–H groups in total. The highest BCUT2D eigenvalue weighted by Gasteiger charge is 2.12. The minimum atomic E-state index is -0.475. The first kappa shape index (κ1) is 21.9. The summed E-state index contributed by atoms with van der Waals surface area (Å²) in [5.74, 6) is 0.849. The van der Waals surface area contributed by atoms with Crippen LogP contribution >= 0.6 is 0 Å². The van der Waals surface area contributed by atoms with Gasteiger partial charge in [0.1, 0.15) is 23.9 Å². The molecule has 162 valence electrons. The minimum absolute atomic E-state index is 0.219. The molecule has 0 bridgehead atoms. The molecule has 3 rings (SSSR count). The number of nitrogens with zero attached hydrogens (tertiary/aromatic N) is 1. The number of hydrogen-bond donors (Lipinski definition) is 2. The molecular formula is C23H25N3O5. The zero-order valence-corrected chi connectivity index (χ0v) is 17.9. The molecule has 2 amide bonds. The molecule has 0 spiro atoms. The number of hydrazine groups is 1. The standard InChI is InChI=1S/C23H25N3O5/c1-14-8-9-20(10-15(14)2)30-13-22(27)24-25-23(28)18-6-5-7-19(11-18)29-12-21-16(3)26-31-17(21)4/h5-11H,12-13H2,1-4H3,(H,24,27)(H,25,28). The first-order chi connectivity index (χ1) is 14.8. The number of carbonyl (C=O) groups excluding carboxylic acids is 2. The second-order valence-electron chi connectivity index (χ2n) is 7.16. The van der Waals surface area contributed by atoms with Crippen molar-refractivity contribution in [2.24, 2.45) is 0 Å². The van der Waals surface area contributed by atoms with Gasteiger partial charge in [0.05, 0.1) is 11.3 Å². The van der Waals surface area contributed by atoms with Crippen LogP contribution in [0.25, 0.3) is 0 Å². The van der Waals surface area contributed by atoms with E-state index in [9.17, 15) is 9.59 Å². The van der Waals surface area contributed by atoms with E-state index in [0.717, 1.165) is 22.4 Å². The number of benzene rings is 2. The van der Waals surface area contributed by atoms with Crippen molar-refractivity contribution in [1.29, 1.82) is 0 Å². The fraction of sp³-hybridized carbons (Fsp3) is 0.261. The maximum atomic E-state index is 12.4. The molecule has 1 aromatic heterocycles. The Morgan fingerprint density at radius 2 is 1.71 bits per heavy atom. The number of carbonyl (C=O) groups is 2. The number of amides is 2. The van der Waals surface area contributed by atoms with Gasteiger partial charge in [0.25, 0.3) is 11.8 Å². The zero-order valence-electron chi connectivity index (χ0n) is 17.9. The van der Waals surface area contributed by atoms with E-state index in [1.54, 1.807) is 30.3 Å². The van der Waals surface area contributed by atoms with Crippen molar-refractivity contribution >= 4 is 11.8 Å². The Balaban J connectivity index is 1.49. The van der Waals surface area contributed by atoms with Gasteiger partial charge in [-0.2, -0.15) is 0 Å². The second kappa shape index (κ2) is 9.80. The molecule has 0 unspecified atom stereocenters. The lowest BCUT2D eigenvalue weighted by Gasteiger charge is -2.11. The van der Waals surface area contributed by atoms with Crippen molar-refractivity contribution in [3.05, 3.63) is 76.2 Å². The fourth-order valence-electron chi connectivity index (χ4n) is 2.78. The molecule has 0 aliphatic heterocycles. The summed E-state index contributed by atoms with van der Waals surface area (Å²) in [6.45, 7) is 7.68. The molecule has 0 aliphatic rings. The van der Waals surface area contributed by atoms with Gasteiger partial charge in [-0.15, -0.1) is 0 Å². The van der Waals surface area contributed by atoms with Crippen LogP contribution in [0.2, 0.25) is 0 Å². The predicted octanol–water partition coefficient (Wildman–Crippen LogP) is 3.33. The maximum absolute atomic E-state index is 12.4. The van der Waals surface area contributed by atoms with Crippen molar-refractivity contribution in [3.8, 4) is 11.5 Å². The van der Waals surface area contributed by atoms with Gasteiger partial charge in [-0.25, -0.2) is 0 Å². The van der Waals surface area contributed by atoms with Gasteiger partial charge in [-0.1, -0.05) is 17.3 Å². The zero-order chi connectivity index (χ0) is 22.4. The van der Waals surface area contributed by atoms with Gasteiger partial charge >= 0.3 is 0 Å². The van der Waals surface area contributed by atoms with Crippen LogP contribution in [0.1, 0.15) is 38.5 Å². The average Bonchev–Trinajstić information content (AvgIpc) is 3.08. The van der Waals surface area contributed by atoms with E-state index in [4.69, 9.17) is 14.0 Å². The molecule has 3 aromatic rings. The SMILES string of the molecule is Cc1ccc(OCC(=O)NNC(=O)c2cccc(OCc3c(C)noc3C)c2)cc1C. The van der Waals surface area contributed by atoms with E-state index in [2.05, 4.69) is 16.0 Å². The van der Waals surface area contributed by atoms with Crippen LogP contribution < -0.4 is 20.3 Å². The summed E-state index contributed by atoms with van der Waals surface area (Å²) in [7, 11) is 0. The summed E-state index contributed by atoms with van der Waals surface area (Å²) in [5.41, 5.74) is 8.89. The van der Waals surface area contributed by atoms with Crippen LogP contribution in [-0.2, 0) is 11.4 Å². The monoisotopic (exact) mass is 423 g/mol. The minimum Gasteiger partial charge on any atom is -0.489 e. The highest BCUT2D eigenvalue weighted by Crippen LogP contribution is 2.19. The molecule has 0 aliphatic carbocycles. The van der Waals surface area contributed by atoms with Gasteiger partial charge in [-0.05, 0) is 69.2 Å². The van der Waals surface area contributed by atoms with Gasteiger partial charge in [0.15, 0.2) is 6.61 Å². The lowest BCUT2D eigenvalue weighted by molar-refractivity contribution is -0.123. The molecule has 31 heavy (non-hydrogen) atoms. The molecule has 0 radical (unpaired) electrons. The average molecular weight is 423 g/mol. The van der Waals surface area contributed by atoms with Crippen LogP contribution in [0.5, 0.6) is 11.5 Å². The predicted molar refractivity (Wildman–Crippen MR) is 114 cm³/mol. The number of rotatable bonds is 7. The molecule has 0 saturated carbocycles. The summed E-state index contributed by atoms with van der Waals surface area (Å²) in [6.07, 6.45) is 0. The summed E-state index contributed by atoms with van der Waals surface area (Å²) in [6, 6.07) is 12.2. The fourth-order valence-corrected chi connectivity index (χ4v) is 2.78. The van der Waals surface area contributed by atoms with Crippen molar-refractivity contribution in [2.45, 2.75) is 34.3 Å². The third kappa shape index (κ3) is 5.85. The molecule has 0 fully saturated rings. The highest BCUT2D eigenvalue weighted by atomic mass is 16.5. The number of hydrogen-bond acceptors (Lipinski definition) is 6. The molecule has 2 aromatic carbocycles. The summed E-state index contributed by atoms with van der Waals surface area (Å²) >= 11 is 0. The van der Waals surface area contributed by atoms with E-state index >= 15 is 0 Å². The van der Waals surface area contributed by atoms with Crippen molar-refractivity contribution in [2.75, 3.05) is 6.61 Å². The number of aromatic nitrogens is 1. The smallest absolute Gasteiger partial charge is 0.276 e. The molecule has 8 heteroatoms. The van der Waals surface area contributed by atoms with Crippen LogP contribution in [0.4, 0.5) is 0 Å². The Labute approximate surface area is 180 Å². The normalized spacial score (nSPS) is 10.5. The Bertz CT molecular complexity index is 1070. The summed E-state index contributed by atoms with van der Waals surface area (Å²) in [4.78, 5) is 24.3. The van der Waals surface area contributed by atoms with Crippen molar-refractivity contribution in [1.82, 2.24) is 16.0 Å². The largest absolute Gasteiger partial charge is 0.489 e. The molecule has 8 nitrogen and oxygen atoms in total. The number of aryl methyl sites for hydroxylation is 4. The lowest BCUT2D eigenvalue weighted by atomic mass is 10.1. The van der Waals surface area contributed by atoms with Gasteiger partial charge < -0.3 is 14.0 Å². The van der Waals surface area contributed by atoms with Gasteiger partial charge in [-0.3, -0.25) is 20.4 Å². The quantitative estimate of drug-likeness (QED) is 0.565. The Kier molecular flexibility index (Phi) is 6.92. The Hall–Kier alpha value is -3.81. The van der Waals surface area contributed by atoms with Gasteiger partial charge in [0.2, 0.25) is 0 Å². The first-order valence-electron chi connectivity index (χ1n) is 9.77. The van der Waals surface area contributed by atoms with E-state index in [1.807, 2.05) is 39.8 Å². The number of nitrogens with one attached hydrogen (secondary N) is 2. The van der Waals surface area contributed by atoms with E-state index in [-0.39, 0.29) is 13.2 Å². The van der Waals surface area contributed by atoms with E-state index in [0.29, 0.717) is 22.8 Å². The molecular weight excluding hydrogens is 398 g/mol. The van der Waals surface area contributed by atoms with Gasteiger partial charge in [0, 0.05) is 5.56 Å². The molecule has 0 atom stereocenters. The Morgan fingerprint density at radius 3 is 2.42 bits per heavy atom. The molecule has 0 saturated heterocycles. The van der Waals surface area contributed by atoms with Crippen molar-refractivity contribution < 1.29 is 23.6 Å². The summed E-state index contributed by atoms with van der Waals surface area (Å²) < 4.78 is 16.3. The third-order valence-electron chi connectivity index (χ3n) is 4.82. The van der Waals surface area contributed by atoms with E-state index < -0.39 is 11.8 Å². The topological polar surface area (TPSA) is 103 Å². The Morgan fingerprint density at radius 1 is 0.935 bits per heavy atom. The van der Waals surface area contributed by atoms with E-state index in [1.165, 1.54) is 0 Å². The summed E-state index contributed by atoms with van der Waals surface area (Å²) in [5, 5.41) is 3.89. The number of ether oxygens (including phenoxy) is 2. The molecule has 1 heterocycles. The van der Waals surface area contributed by atoms with Crippen LogP contribution in [0.15, 0.2) is 47.0 Å².